The van der Waals surface area contributed by atoms with E-state index in [2.05, 4.69) is 24.3 Å². The molecular formula is C26H36N2O5S. The third kappa shape index (κ3) is 3.72. The molecule has 0 bridgehead atoms. The molecule has 0 radical (unpaired) electrons. The molecule has 7 nitrogen and oxygen atoms in total. The Morgan fingerprint density at radius 1 is 1.06 bits per heavy atom. The molecule has 0 aromatic carbocycles. The summed E-state index contributed by atoms with van der Waals surface area (Å²) in [7, 11) is 0. The van der Waals surface area contributed by atoms with E-state index in [-0.39, 0.29) is 30.4 Å². The topological polar surface area (TPSA) is 87.1 Å². The maximum atomic E-state index is 14.2. The number of ether oxygens (including phenoxy) is 1. The van der Waals surface area contributed by atoms with Crippen LogP contribution in [0.25, 0.3) is 0 Å². The standard InChI is InChI=1S/C26H36N2O5S/c1-25-12-6-3-7-17-33-24(32)20(25)19-22(30)28(15-9-16-29)21-23(31)27(18-10-4-2-5-11-18)14-8-13-26(19,21)34-25/h6,8,12-13,18-21,29H,2-5,7,9-11,14-17H2,1H3/b12-6-/t19-,20+,21?,25-,26-/m0/s1. The van der Waals surface area contributed by atoms with Crippen LogP contribution in [-0.4, -0.2) is 80.6 Å². The van der Waals surface area contributed by atoms with Crippen molar-refractivity contribution in [2.75, 3.05) is 26.3 Å². The molecule has 186 valence electrons. The summed E-state index contributed by atoms with van der Waals surface area (Å²) in [6, 6.07) is -0.477. The number of aliphatic hydroxyl groups is 1. The maximum absolute atomic E-state index is 14.2. The molecule has 1 unspecified atom stereocenters. The summed E-state index contributed by atoms with van der Waals surface area (Å²) in [6.07, 6.45) is 15.7. The predicted molar refractivity (Wildman–Crippen MR) is 130 cm³/mol. The Hall–Kier alpha value is -1.80. The summed E-state index contributed by atoms with van der Waals surface area (Å²) in [6.45, 7) is 3.16. The van der Waals surface area contributed by atoms with E-state index in [1.165, 1.54) is 6.42 Å². The fraction of sp³-hybridized carbons (Fsp3) is 0.731. The van der Waals surface area contributed by atoms with Gasteiger partial charge in [0.2, 0.25) is 11.8 Å². The highest BCUT2D eigenvalue weighted by molar-refractivity contribution is 8.02. The number of hydrogen-bond acceptors (Lipinski definition) is 6. The lowest BCUT2D eigenvalue weighted by atomic mass is 9.74. The summed E-state index contributed by atoms with van der Waals surface area (Å²) in [5.41, 5.74) is 0. The molecule has 0 aromatic heterocycles. The Morgan fingerprint density at radius 2 is 1.85 bits per heavy atom. The van der Waals surface area contributed by atoms with Gasteiger partial charge in [-0.15, -0.1) is 11.8 Å². The third-order valence-electron chi connectivity index (χ3n) is 8.35. The minimum atomic E-state index is -0.824. The van der Waals surface area contributed by atoms with Crippen LogP contribution in [0.15, 0.2) is 24.3 Å². The largest absolute Gasteiger partial charge is 0.465 e. The van der Waals surface area contributed by atoms with Gasteiger partial charge in [0.25, 0.3) is 0 Å². The van der Waals surface area contributed by atoms with E-state index in [1.807, 2.05) is 11.8 Å². The van der Waals surface area contributed by atoms with E-state index < -0.39 is 27.4 Å². The van der Waals surface area contributed by atoms with Crippen molar-refractivity contribution in [1.82, 2.24) is 9.80 Å². The molecule has 1 spiro atoms. The van der Waals surface area contributed by atoms with Crippen LogP contribution in [0, 0.1) is 11.8 Å². The average Bonchev–Trinajstić information content (AvgIpc) is 3.17. The van der Waals surface area contributed by atoms with E-state index in [0.29, 0.717) is 26.1 Å². The summed E-state index contributed by atoms with van der Waals surface area (Å²) in [4.78, 5) is 45.3. The monoisotopic (exact) mass is 488 g/mol. The van der Waals surface area contributed by atoms with Crippen LogP contribution < -0.4 is 0 Å². The van der Waals surface area contributed by atoms with Gasteiger partial charge in [0, 0.05) is 30.5 Å². The smallest absolute Gasteiger partial charge is 0.311 e. The Morgan fingerprint density at radius 3 is 2.62 bits per heavy atom. The highest BCUT2D eigenvalue weighted by Gasteiger charge is 2.73. The van der Waals surface area contributed by atoms with E-state index in [9.17, 15) is 19.5 Å². The summed E-state index contributed by atoms with van der Waals surface area (Å²) in [5, 5.41) is 9.52. The number of cyclic esters (lactones) is 1. The highest BCUT2D eigenvalue weighted by Crippen LogP contribution is 2.65. The van der Waals surface area contributed by atoms with E-state index >= 15 is 0 Å². The number of esters is 1. The lowest BCUT2D eigenvalue weighted by molar-refractivity contribution is -0.154. The molecule has 4 aliphatic heterocycles. The number of fused-ring (bicyclic) bond motifs is 2. The van der Waals surface area contributed by atoms with E-state index in [0.717, 1.165) is 38.5 Å². The zero-order valence-corrected chi connectivity index (χ0v) is 20.8. The molecule has 5 atom stereocenters. The number of aliphatic hydroxyl groups excluding tert-OH is 1. The molecular weight excluding hydrogens is 452 g/mol. The minimum Gasteiger partial charge on any atom is -0.465 e. The lowest BCUT2D eigenvalue weighted by Crippen LogP contribution is -2.55. The van der Waals surface area contributed by atoms with Crippen molar-refractivity contribution in [1.29, 1.82) is 0 Å². The maximum Gasteiger partial charge on any atom is 0.311 e. The summed E-state index contributed by atoms with van der Waals surface area (Å²) < 4.78 is 4.19. The molecule has 5 aliphatic rings. The number of nitrogens with zero attached hydrogens (tertiary/aromatic N) is 2. The molecule has 1 N–H and O–H groups in total. The fourth-order valence-corrected chi connectivity index (χ4v) is 9.01. The number of allylic oxidation sites excluding steroid dienone is 1. The minimum absolute atomic E-state index is 0.00868. The summed E-state index contributed by atoms with van der Waals surface area (Å²) in [5.74, 6) is -1.82. The number of carbonyl (C=O) groups is 3. The van der Waals surface area contributed by atoms with Crippen molar-refractivity contribution in [3.8, 4) is 0 Å². The zero-order chi connectivity index (χ0) is 23.9. The highest BCUT2D eigenvalue weighted by atomic mass is 32.2. The van der Waals surface area contributed by atoms with Crippen LogP contribution in [0.1, 0.15) is 58.3 Å². The first-order valence-corrected chi connectivity index (χ1v) is 13.7. The Bertz CT molecular complexity index is 900. The van der Waals surface area contributed by atoms with Crippen LogP contribution in [0.3, 0.4) is 0 Å². The van der Waals surface area contributed by atoms with Gasteiger partial charge in [0.1, 0.15) is 6.04 Å². The Balaban J connectivity index is 1.59. The number of carbonyl (C=O) groups excluding carboxylic acids is 3. The number of thioether (sulfide) groups is 1. The average molecular weight is 489 g/mol. The number of amides is 2. The summed E-state index contributed by atoms with van der Waals surface area (Å²) >= 11 is 1.59. The van der Waals surface area contributed by atoms with Crippen LogP contribution in [0.5, 0.6) is 0 Å². The zero-order valence-electron chi connectivity index (χ0n) is 20.0. The first kappa shape index (κ1) is 23.9. The fourth-order valence-electron chi connectivity index (χ4n) is 6.85. The quantitative estimate of drug-likeness (QED) is 0.484. The number of likely N-dealkylation sites (tertiary alicyclic amines) is 1. The molecule has 5 rings (SSSR count). The molecule has 4 heterocycles. The van der Waals surface area contributed by atoms with E-state index in [1.54, 1.807) is 16.7 Å². The second-order valence-electron chi connectivity index (χ2n) is 10.5. The van der Waals surface area contributed by atoms with Gasteiger partial charge < -0.3 is 19.6 Å². The molecule has 0 aromatic rings. The molecule has 1 aliphatic carbocycles. The number of hydrogen-bond donors (Lipinski definition) is 1. The van der Waals surface area contributed by atoms with Crippen molar-refractivity contribution in [3.63, 3.8) is 0 Å². The normalized spacial score (nSPS) is 39.5. The molecule has 2 saturated heterocycles. The molecule has 3 fully saturated rings. The Labute approximate surface area is 205 Å². The number of rotatable bonds is 4. The van der Waals surface area contributed by atoms with E-state index in [4.69, 9.17) is 4.74 Å². The van der Waals surface area contributed by atoms with Crippen molar-refractivity contribution in [2.24, 2.45) is 11.8 Å². The molecule has 8 heteroatoms. The van der Waals surface area contributed by atoms with Gasteiger partial charge >= 0.3 is 5.97 Å². The van der Waals surface area contributed by atoms with Crippen molar-refractivity contribution >= 4 is 29.5 Å². The molecule has 2 amide bonds. The SMILES string of the molecule is C[C@]12/C=C\CCCOC(=O)[C@H]1[C@H]1C(=O)N(CCCO)C3C(=O)N(C4CCCCC4)CC=C[C@@]31S2. The van der Waals surface area contributed by atoms with Crippen molar-refractivity contribution in [2.45, 2.75) is 79.9 Å². The Kier molecular flexibility index (Phi) is 6.57. The van der Waals surface area contributed by atoms with Crippen LogP contribution in [0.2, 0.25) is 0 Å². The van der Waals surface area contributed by atoms with Crippen LogP contribution in [0.4, 0.5) is 0 Å². The second-order valence-corrected chi connectivity index (χ2v) is 12.3. The van der Waals surface area contributed by atoms with Gasteiger partial charge in [-0.2, -0.15) is 0 Å². The molecule has 1 saturated carbocycles. The lowest BCUT2D eigenvalue weighted by Gasteiger charge is -2.40. The van der Waals surface area contributed by atoms with Crippen LogP contribution in [-0.2, 0) is 19.1 Å². The first-order chi connectivity index (χ1) is 16.4. The first-order valence-electron chi connectivity index (χ1n) is 12.9. The van der Waals surface area contributed by atoms with Gasteiger partial charge in [-0.25, -0.2) is 0 Å². The van der Waals surface area contributed by atoms with Gasteiger partial charge in [-0.3, -0.25) is 14.4 Å². The van der Waals surface area contributed by atoms with Gasteiger partial charge in [-0.1, -0.05) is 43.6 Å². The van der Waals surface area contributed by atoms with Crippen molar-refractivity contribution in [3.05, 3.63) is 24.3 Å². The van der Waals surface area contributed by atoms with Gasteiger partial charge in [-0.05, 0) is 39.0 Å². The van der Waals surface area contributed by atoms with Crippen LogP contribution >= 0.6 is 11.8 Å². The van der Waals surface area contributed by atoms with Gasteiger partial charge in [0.15, 0.2) is 0 Å². The van der Waals surface area contributed by atoms with Crippen molar-refractivity contribution < 1.29 is 24.2 Å². The third-order valence-corrected chi connectivity index (χ3v) is 10.2. The second kappa shape index (κ2) is 9.34. The predicted octanol–water partition coefficient (Wildman–Crippen LogP) is 2.68. The molecule has 34 heavy (non-hydrogen) atoms. The van der Waals surface area contributed by atoms with Gasteiger partial charge in [0.05, 0.1) is 23.2 Å².